The minimum absolute atomic E-state index is 0.0198. The molecule has 3 aromatic carbocycles. The van der Waals surface area contributed by atoms with Crippen LogP contribution in [0.3, 0.4) is 0 Å². The van der Waals surface area contributed by atoms with Crippen molar-refractivity contribution in [2.24, 2.45) is 0 Å². The molecule has 1 heterocycles. The van der Waals surface area contributed by atoms with Gasteiger partial charge in [-0.15, -0.1) is 0 Å². The van der Waals surface area contributed by atoms with Gasteiger partial charge in [-0.1, -0.05) is 23.8 Å². The zero-order valence-corrected chi connectivity index (χ0v) is 15.9. The number of hydrogen-bond donors (Lipinski definition) is 0. The summed E-state index contributed by atoms with van der Waals surface area (Å²) >= 11 is 0. The lowest BCUT2D eigenvalue weighted by molar-refractivity contribution is -0.385. The Kier molecular flexibility index (Phi) is 4.81. The lowest BCUT2D eigenvalue weighted by atomic mass is 10.2. The molecule has 0 bridgehead atoms. The van der Waals surface area contributed by atoms with E-state index in [1.165, 1.54) is 24.3 Å². The third-order valence-corrected chi connectivity index (χ3v) is 4.70. The van der Waals surface area contributed by atoms with E-state index in [2.05, 4.69) is 4.98 Å². The van der Waals surface area contributed by atoms with Crippen LogP contribution in [0.25, 0.3) is 28.9 Å². The normalized spacial score (nSPS) is 11.2. The summed E-state index contributed by atoms with van der Waals surface area (Å²) < 4.78 is 1.92. The molecule has 0 spiro atoms. The monoisotopic (exact) mass is 400 g/mol. The van der Waals surface area contributed by atoms with Gasteiger partial charge in [-0.2, -0.15) is 0 Å². The van der Waals surface area contributed by atoms with Crippen molar-refractivity contribution >= 4 is 34.6 Å². The maximum atomic E-state index is 11.1. The molecule has 1 aromatic heterocycles. The summed E-state index contributed by atoms with van der Waals surface area (Å²) in [5.74, 6) is 0.590. The molecular weight excluding hydrogens is 384 g/mol. The van der Waals surface area contributed by atoms with E-state index < -0.39 is 9.85 Å². The predicted octanol–water partition coefficient (Wildman–Crippen LogP) is 5.32. The molecule has 0 fully saturated rings. The van der Waals surface area contributed by atoms with Crippen LogP contribution in [0.15, 0.2) is 66.7 Å². The highest BCUT2D eigenvalue weighted by Crippen LogP contribution is 2.26. The van der Waals surface area contributed by atoms with Crippen LogP contribution < -0.4 is 0 Å². The van der Waals surface area contributed by atoms with Crippen molar-refractivity contribution in [3.05, 3.63) is 104 Å². The molecule has 0 unspecified atom stereocenters. The summed E-state index contributed by atoms with van der Waals surface area (Å²) in [5.41, 5.74) is 4.01. The van der Waals surface area contributed by atoms with Gasteiger partial charge >= 0.3 is 0 Å². The van der Waals surface area contributed by atoms with Crippen molar-refractivity contribution in [1.29, 1.82) is 0 Å². The number of benzene rings is 3. The fourth-order valence-electron chi connectivity index (χ4n) is 3.16. The van der Waals surface area contributed by atoms with Gasteiger partial charge in [0.25, 0.3) is 11.4 Å². The summed E-state index contributed by atoms with van der Waals surface area (Å²) in [6, 6.07) is 18.6. The zero-order valence-electron chi connectivity index (χ0n) is 15.9. The Morgan fingerprint density at radius 1 is 0.833 bits per heavy atom. The molecule has 30 heavy (non-hydrogen) atoms. The summed E-state index contributed by atoms with van der Waals surface area (Å²) in [6.07, 6.45) is 3.58. The molecule has 4 aromatic rings. The van der Waals surface area contributed by atoms with Crippen LogP contribution in [0, 0.1) is 27.2 Å². The van der Waals surface area contributed by atoms with Crippen LogP contribution in [0.5, 0.6) is 0 Å². The molecule has 0 amide bonds. The molecule has 8 nitrogen and oxygen atoms in total. The number of aryl methyl sites for hydroxylation is 1. The first-order chi connectivity index (χ1) is 14.4. The summed E-state index contributed by atoms with van der Waals surface area (Å²) in [4.78, 5) is 25.6. The van der Waals surface area contributed by atoms with Crippen LogP contribution >= 0.6 is 0 Å². The van der Waals surface area contributed by atoms with E-state index in [0.29, 0.717) is 11.3 Å². The third-order valence-electron chi connectivity index (χ3n) is 4.70. The average Bonchev–Trinajstić information content (AvgIpc) is 3.10. The number of nitro groups is 2. The maximum absolute atomic E-state index is 11.1. The maximum Gasteiger partial charge on any atom is 0.271 e. The number of hydrogen-bond acceptors (Lipinski definition) is 5. The molecule has 0 saturated heterocycles. The largest absolute Gasteiger partial charge is 0.293 e. The van der Waals surface area contributed by atoms with E-state index in [9.17, 15) is 20.2 Å². The van der Waals surface area contributed by atoms with Gasteiger partial charge in [-0.25, -0.2) is 4.98 Å². The topological polar surface area (TPSA) is 104 Å². The lowest BCUT2D eigenvalue weighted by Gasteiger charge is -2.07. The molecular formula is C22H16N4O4. The van der Waals surface area contributed by atoms with Crippen molar-refractivity contribution in [3.8, 4) is 5.69 Å². The Morgan fingerprint density at radius 2 is 1.47 bits per heavy atom. The molecule has 8 heteroatoms. The van der Waals surface area contributed by atoms with E-state index in [0.717, 1.165) is 22.3 Å². The number of fused-ring (bicyclic) bond motifs is 1. The highest BCUT2D eigenvalue weighted by atomic mass is 16.6. The van der Waals surface area contributed by atoms with Gasteiger partial charge in [0.05, 0.1) is 20.9 Å². The Labute approximate surface area is 171 Å². The van der Waals surface area contributed by atoms with Gasteiger partial charge in [0, 0.05) is 30.0 Å². The van der Waals surface area contributed by atoms with E-state index >= 15 is 0 Å². The average molecular weight is 400 g/mol. The quantitative estimate of drug-likeness (QED) is 0.333. The molecule has 0 radical (unpaired) electrons. The van der Waals surface area contributed by atoms with Crippen molar-refractivity contribution in [1.82, 2.24) is 9.55 Å². The van der Waals surface area contributed by atoms with Gasteiger partial charge in [0.15, 0.2) is 0 Å². The Hall–Kier alpha value is -4.33. The number of nitro benzene ring substituents is 2. The van der Waals surface area contributed by atoms with Crippen LogP contribution in [0.4, 0.5) is 11.4 Å². The molecule has 0 atom stereocenters. The van der Waals surface area contributed by atoms with Crippen LogP contribution in [-0.4, -0.2) is 19.4 Å². The minimum Gasteiger partial charge on any atom is -0.293 e. The molecule has 0 aliphatic heterocycles. The number of rotatable bonds is 5. The smallest absolute Gasteiger partial charge is 0.271 e. The third kappa shape index (κ3) is 3.66. The highest BCUT2D eigenvalue weighted by Gasteiger charge is 2.14. The molecule has 4 rings (SSSR count). The molecule has 0 aliphatic carbocycles. The van der Waals surface area contributed by atoms with Crippen LogP contribution in [0.2, 0.25) is 0 Å². The molecule has 148 valence electrons. The zero-order chi connectivity index (χ0) is 21.3. The number of nitrogens with zero attached hydrogens (tertiary/aromatic N) is 4. The van der Waals surface area contributed by atoms with E-state index in [4.69, 9.17) is 0 Å². The van der Waals surface area contributed by atoms with Crippen molar-refractivity contribution in [2.45, 2.75) is 6.92 Å². The molecule has 0 saturated carbocycles. The number of aromatic nitrogens is 2. The van der Waals surface area contributed by atoms with Crippen molar-refractivity contribution in [3.63, 3.8) is 0 Å². The number of imidazole rings is 1. The predicted molar refractivity (Wildman–Crippen MR) is 114 cm³/mol. The van der Waals surface area contributed by atoms with E-state index in [1.807, 2.05) is 35.8 Å². The van der Waals surface area contributed by atoms with Gasteiger partial charge in [0.1, 0.15) is 5.82 Å². The Balaban J connectivity index is 1.82. The standard InChI is InChI=1S/C22H16N4O4/c1-15-2-7-17(8-3-15)24-21-12-11-19(26(29)30)14-20(21)23-22(24)13-6-16-4-9-18(10-5-16)25(27)28/h2-14H,1H3. The van der Waals surface area contributed by atoms with E-state index in [1.54, 1.807) is 30.4 Å². The fraction of sp³-hybridized carbons (Fsp3) is 0.0455. The second-order valence-electron chi connectivity index (χ2n) is 6.75. The van der Waals surface area contributed by atoms with Gasteiger partial charge in [-0.05, 0) is 48.9 Å². The Morgan fingerprint density at radius 3 is 2.10 bits per heavy atom. The van der Waals surface area contributed by atoms with Gasteiger partial charge < -0.3 is 0 Å². The SMILES string of the molecule is Cc1ccc(-n2c(C=Cc3ccc([N+](=O)[O-])cc3)nc3cc([N+](=O)[O-])ccc32)cc1. The van der Waals surface area contributed by atoms with Crippen LogP contribution in [-0.2, 0) is 0 Å². The van der Waals surface area contributed by atoms with Crippen LogP contribution in [0.1, 0.15) is 17.0 Å². The van der Waals surface area contributed by atoms with Gasteiger partial charge in [-0.3, -0.25) is 24.8 Å². The van der Waals surface area contributed by atoms with E-state index in [-0.39, 0.29) is 11.4 Å². The Bertz CT molecular complexity index is 1290. The van der Waals surface area contributed by atoms with Gasteiger partial charge in [0.2, 0.25) is 0 Å². The first-order valence-electron chi connectivity index (χ1n) is 9.09. The fourth-order valence-corrected chi connectivity index (χ4v) is 3.16. The second-order valence-corrected chi connectivity index (χ2v) is 6.75. The lowest BCUT2D eigenvalue weighted by Crippen LogP contribution is -1.97. The first kappa shape index (κ1) is 19.0. The summed E-state index contributed by atoms with van der Waals surface area (Å²) in [7, 11) is 0. The summed E-state index contributed by atoms with van der Waals surface area (Å²) in [5, 5.41) is 22.0. The van der Waals surface area contributed by atoms with Crippen molar-refractivity contribution in [2.75, 3.05) is 0 Å². The summed E-state index contributed by atoms with van der Waals surface area (Å²) in [6.45, 7) is 1.99. The first-order valence-corrected chi connectivity index (χ1v) is 9.09. The highest BCUT2D eigenvalue weighted by molar-refractivity contribution is 5.84. The molecule has 0 aliphatic rings. The number of non-ortho nitro benzene ring substituents is 2. The second kappa shape index (κ2) is 7.59. The minimum atomic E-state index is -0.448. The molecule has 0 N–H and O–H groups in total. The van der Waals surface area contributed by atoms with Crippen molar-refractivity contribution < 1.29 is 9.85 Å².